The molecule has 2 nitrogen and oxygen atoms in total. The average Bonchev–Trinajstić information content (AvgIpc) is 2.44. The van der Waals surface area contributed by atoms with E-state index in [2.05, 4.69) is 25.9 Å². The number of hydrogen-bond donors (Lipinski definition) is 1. The van der Waals surface area contributed by atoms with Crippen molar-refractivity contribution >= 4 is 11.6 Å². The van der Waals surface area contributed by atoms with Gasteiger partial charge in [0, 0.05) is 11.4 Å². The van der Waals surface area contributed by atoms with Gasteiger partial charge in [0.25, 0.3) is 0 Å². The zero-order valence-corrected chi connectivity index (χ0v) is 16.2. The minimum absolute atomic E-state index is 0.246. The summed E-state index contributed by atoms with van der Waals surface area (Å²) in [6.07, 6.45) is 14.9. The smallest absolute Gasteiger partial charge is 0.0527 e. The van der Waals surface area contributed by atoms with Crippen LogP contribution in [-0.4, -0.2) is 41.6 Å². The molecule has 0 saturated heterocycles. The molecule has 3 heteroatoms. The summed E-state index contributed by atoms with van der Waals surface area (Å²) in [6, 6.07) is 0.390. The highest BCUT2D eigenvalue weighted by molar-refractivity contribution is 6.20. The van der Waals surface area contributed by atoms with Gasteiger partial charge in [-0.15, -0.1) is 11.6 Å². The van der Waals surface area contributed by atoms with Crippen LogP contribution in [0.3, 0.4) is 0 Å². The molecule has 0 rings (SSSR count). The number of rotatable bonds is 15. The molecule has 3 atom stereocenters. The van der Waals surface area contributed by atoms with Gasteiger partial charge in [-0.3, -0.25) is 0 Å². The predicted molar refractivity (Wildman–Crippen MR) is 99.9 cm³/mol. The fourth-order valence-corrected chi connectivity index (χ4v) is 3.36. The van der Waals surface area contributed by atoms with Crippen molar-refractivity contribution in [1.82, 2.24) is 4.90 Å². The first-order valence-electron chi connectivity index (χ1n) is 9.45. The fourth-order valence-electron chi connectivity index (χ4n) is 3.00. The van der Waals surface area contributed by atoms with Gasteiger partial charge in [-0.2, -0.15) is 0 Å². The monoisotopic (exact) mass is 333 g/mol. The lowest BCUT2D eigenvalue weighted by Gasteiger charge is -2.27. The summed E-state index contributed by atoms with van der Waals surface area (Å²) in [4.78, 5) is 2.19. The van der Waals surface area contributed by atoms with Crippen molar-refractivity contribution in [2.45, 2.75) is 108 Å². The lowest BCUT2D eigenvalue weighted by Crippen LogP contribution is -2.33. The maximum Gasteiger partial charge on any atom is 0.0527 e. The van der Waals surface area contributed by atoms with E-state index in [-0.39, 0.29) is 11.5 Å². The van der Waals surface area contributed by atoms with Gasteiger partial charge in [-0.1, -0.05) is 64.7 Å². The van der Waals surface area contributed by atoms with E-state index in [1.54, 1.807) is 0 Å². The maximum absolute atomic E-state index is 9.57. The quantitative estimate of drug-likeness (QED) is 0.311. The van der Waals surface area contributed by atoms with E-state index in [0.717, 1.165) is 19.3 Å². The lowest BCUT2D eigenvalue weighted by molar-refractivity contribution is 0.133. The van der Waals surface area contributed by atoms with Gasteiger partial charge >= 0.3 is 0 Å². The van der Waals surface area contributed by atoms with Gasteiger partial charge in [-0.05, 0) is 40.3 Å². The normalized spacial score (nSPS) is 16.0. The van der Waals surface area contributed by atoms with Crippen molar-refractivity contribution in [2.75, 3.05) is 14.1 Å². The molecule has 3 unspecified atom stereocenters. The molecule has 0 aliphatic carbocycles. The van der Waals surface area contributed by atoms with Crippen LogP contribution < -0.4 is 0 Å². The van der Waals surface area contributed by atoms with E-state index in [0.29, 0.717) is 6.04 Å². The SMILES string of the molecule is CCCCCCCCCCCC(Cl)CC(CC(C)O)N(C)C. The van der Waals surface area contributed by atoms with Gasteiger partial charge in [0.15, 0.2) is 0 Å². The first-order chi connectivity index (χ1) is 10.5. The van der Waals surface area contributed by atoms with E-state index in [1.807, 2.05) is 6.92 Å². The van der Waals surface area contributed by atoms with Crippen LogP contribution in [-0.2, 0) is 0 Å². The predicted octanol–water partition coefficient (Wildman–Crippen LogP) is 5.61. The highest BCUT2D eigenvalue weighted by Crippen LogP contribution is 2.20. The zero-order chi connectivity index (χ0) is 16.8. The molecule has 0 bridgehead atoms. The molecule has 0 aromatic carbocycles. The third-order valence-electron chi connectivity index (χ3n) is 4.49. The molecule has 22 heavy (non-hydrogen) atoms. The fraction of sp³-hybridized carbons (Fsp3) is 1.00. The summed E-state index contributed by atoms with van der Waals surface area (Å²) in [7, 11) is 4.16. The molecule has 0 radical (unpaired) electrons. The van der Waals surface area contributed by atoms with E-state index in [9.17, 15) is 5.11 Å². The van der Waals surface area contributed by atoms with Crippen LogP contribution >= 0.6 is 11.6 Å². The van der Waals surface area contributed by atoms with E-state index in [4.69, 9.17) is 11.6 Å². The number of aliphatic hydroxyl groups excluding tert-OH is 1. The van der Waals surface area contributed by atoms with Crippen molar-refractivity contribution in [2.24, 2.45) is 0 Å². The van der Waals surface area contributed by atoms with Crippen molar-refractivity contribution in [1.29, 1.82) is 0 Å². The Bertz CT molecular complexity index is 233. The van der Waals surface area contributed by atoms with Crippen LogP contribution in [0, 0.1) is 0 Å². The van der Waals surface area contributed by atoms with Gasteiger partial charge in [0.05, 0.1) is 6.10 Å². The van der Waals surface area contributed by atoms with Crippen LogP contribution in [0.15, 0.2) is 0 Å². The summed E-state index contributed by atoms with van der Waals surface area (Å²) in [6.45, 7) is 4.13. The molecule has 0 heterocycles. The van der Waals surface area contributed by atoms with Crippen molar-refractivity contribution < 1.29 is 5.11 Å². The Morgan fingerprint density at radius 1 is 0.864 bits per heavy atom. The minimum Gasteiger partial charge on any atom is -0.393 e. The molecule has 0 spiro atoms. The first-order valence-corrected chi connectivity index (χ1v) is 9.89. The lowest BCUT2D eigenvalue weighted by atomic mass is 10.00. The number of halogens is 1. The molecular formula is C19H40ClNO. The molecule has 0 fully saturated rings. The summed E-state index contributed by atoms with van der Waals surface area (Å²) in [5.41, 5.74) is 0. The zero-order valence-electron chi connectivity index (χ0n) is 15.5. The van der Waals surface area contributed by atoms with Crippen molar-refractivity contribution in [3.05, 3.63) is 0 Å². The standard InChI is InChI=1S/C19H40ClNO/c1-5-6-7-8-9-10-11-12-13-14-18(20)16-19(21(3)4)15-17(2)22/h17-19,22H,5-16H2,1-4H3. The molecule has 0 saturated carbocycles. The molecule has 0 aliphatic heterocycles. The molecule has 134 valence electrons. The van der Waals surface area contributed by atoms with Gasteiger partial charge < -0.3 is 10.0 Å². The molecule has 0 aromatic heterocycles. The van der Waals surface area contributed by atoms with Crippen molar-refractivity contribution in [3.63, 3.8) is 0 Å². The third kappa shape index (κ3) is 13.8. The minimum atomic E-state index is -0.246. The van der Waals surface area contributed by atoms with Gasteiger partial charge in [0.1, 0.15) is 0 Å². The Hall–Kier alpha value is 0.210. The van der Waals surface area contributed by atoms with E-state index < -0.39 is 0 Å². The molecular weight excluding hydrogens is 294 g/mol. The Morgan fingerprint density at radius 2 is 1.36 bits per heavy atom. The summed E-state index contributed by atoms with van der Waals surface area (Å²) >= 11 is 6.49. The van der Waals surface area contributed by atoms with Gasteiger partial charge in [-0.25, -0.2) is 0 Å². The second-order valence-corrected chi connectivity index (χ2v) is 7.77. The second kappa shape index (κ2) is 14.8. The highest BCUT2D eigenvalue weighted by atomic mass is 35.5. The second-order valence-electron chi connectivity index (χ2n) is 7.15. The maximum atomic E-state index is 9.57. The number of hydrogen-bond acceptors (Lipinski definition) is 2. The molecule has 0 aliphatic rings. The third-order valence-corrected chi connectivity index (χ3v) is 4.89. The van der Waals surface area contributed by atoms with Crippen molar-refractivity contribution in [3.8, 4) is 0 Å². The Labute approximate surface area is 144 Å². The Balaban J connectivity index is 3.57. The van der Waals surface area contributed by atoms with Crippen LogP contribution in [0.25, 0.3) is 0 Å². The molecule has 0 amide bonds. The first kappa shape index (κ1) is 22.2. The average molecular weight is 334 g/mol. The van der Waals surface area contributed by atoms with Crippen LogP contribution in [0.5, 0.6) is 0 Å². The number of alkyl halides is 1. The molecule has 0 aromatic rings. The van der Waals surface area contributed by atoms with E-state index in [1.165, 1.54) is 57.8 Å². The Morgan fingerprint density at radius 3 is 1.82 bits per heavy atom. The number of aliphatic hydroxyl groups is 1. The van der Waals surface area contributed by atoms with Crippen LogP contribution in [0.2, 0.25) is 0 Å². The summed E-state index contributed by atoms with van der Waals surface area (Å²) in [5.74, 6) is 0. The number of nitrogens with zero attached hydrogens (tertiary/aromatic N) is 1. The van der Waals surface area contributed by atoms with E-state index >= 15 is 0 Å². The van der Waals surface area contributed by atoms with Crippen LogP contribution in [0.4, 0.5) is 0 Å². The largest absolute Gasteiger partial charge is 0.393 e. The summed E-state index contributed by atoms with van der Waals surface area (Å²) < 4.78 is 0. The number of unbranched alkanes of at least 4 members (excludes halogenated alkanes) is 8. The topological polar surface area (TPSA) is 23.5 Å². The van der Waals surface area contributed by atoms with Crippen LogP contribution in [0.1, 0.15) is 90.9 Å². The summed E-state index contributed by atoms with van der Waals surface area (Å²) in [5, 5.41) is 9.81. The van der Waals surface area contributed by atoms with Gasteiger partial charge in [0.2, 0.25) is 0 Å². The molecule has 1 N–H and O–H groups in total. The highest BCUT2D eigenvalue weighted by Gasteiger charge is 2.18. The Kier molecular flexibility index (Phi) is 14.9.